The molecule has 2 saturated heterocycles. The van der Waals surface area contributed by atoms with Gasteiger partial charge in [0.25, 0.3) is 11.1 Å². The second-order valence-corrected chi connectivity index (χ2v) is 8.68. The lowest BCUT2D eigenvalue weighted by Gasteiger charge is -2.20. The number of ether oxygens (including phenoxy) is 3. The first-order valence-electron chi connectivity index (χ1n) is 11.3. The summed E-state index contributed by atoms with van der Waals surface area (Å²) >= 11 is 0. The lowest BCUT2D eigenvalue weighted by molar-refractivity contribution is -0.0669. The Hall–Kier alpha value is -2.88. The standard InChI is InChI=1S/C21H29N5O9/c1-10-7-25(20(31)23-17(10)29)15-5-12(28)19(35-15)22-3-4-33-13-6-16(34-14(13)9-27)26-8-11(2)18(30)24-21(26)32/h7-8,12-16,19,22,27-28H,3-6,9H2,1-2H3,(H,23,29,31)(H,24,30,32)/t12?,13-,14+,15?,16+,19?/m0/s1. The molecule has 3 unspecified atom stereocenters. The van der Waals surface area contributed by atoms with Gasteiger partial charge in [-0.1, -0.05) is 0 Å². The van der Waals surface area contributed by atoms with E-state index in [1.165, 1.54) is 21.5 Å². The fraction of sp³-hybridized carbons (Fsp3) is 0.619. The van der Waals surface area contributed by atoms with Gasteiger partial charge in [-0.05, 0) is 13.8 Å². The fourth-order valence-electron chi connectivity index (χ4n) is 4.23. The Labute approximate surface area is 198 Å². The van der Waals surface area contributed by atoms with Crippen molar-refractivity contribution in [2.45, 2.75) is 63.7 Å². The molecule has 14 nitrogen and oxygen atoms in total. The Morgan fingerprint density at radius 2 is 1.57 bits per heavy atom. The van der Waals surface area contributed by atoms with Crippen molar-refractivity contribution in [2.75, 3.05) is 19.8 Å². The summed E-state index contributed by atoms with van der Waals surface area (Å²) in [5, 5.41) is 23.0. The SMILES string of the molecule is Cc1cn(C2CC(O)C(NCCO[C@H]3C[C@H](n4cc(C)c(=O)[nH]c4=O)O[C@@H]3CO)O2)c(=O)[nH]c1=O. The molecular formula is C21H29N5O9. The summed E-state index contributed by atoms with van der Waals surface area (Å²) in [6, 6.07) is 0. The Bertz CT molecular complexity index is 1280. The molecule has 0 amide bonds. The highest BCUT2D eigenvalue weighted by Gasteiger charge is 2.38. The zero-order valence-corrected chi connectivity index (χ0v) is 19.3. The summed E-state index contributed by atoms with van der Waals surface area (Å²) < 4.78 is 19.8. The quantitative estimate of drug-likeness (QED) is 0.246. The van der Waals surface area contributed by atoms with Crippen molar-refractivity contribution < 1.29 is 24.4 Å². The second kappa shape index (κ2) is 10.4. The van der Waals surface area contributed by atoms with Gasteiger partial charge in [0.15, 0.2) is 0 Å². The number of aliphatic hydroxyl groups excluding tert-OH is 2. The van der Waals surface area contributed by atoms with Crippen LogP contribution < -0.4 is 27.8 Å². The van der Waals surface area contributed by atoms with Crippen LogP contribution in [-0.4, -0.2) is 73.6 Å². The third kappa shape index (κ3) is 5.37. The lowest BCUT2D eigenvalue weighted by atomic mass is 10.2. The zero-order valence-electron chi connectivity index (χ0n) is 19.3. The van der Waals surface area contributed by atoms with Crippen molar-refractivity contribution in [3.63, 3.8) is 0 Å². The van der Waals surface area contributed by atoms with Crippen molar-refractivity contribution in [3.05, 3.63) is 65.2 Å². The number of aromatic nitrogens is 4. The van der Waals surface area contributed by atoms with E-state index >= 15 is 0 Å². The van der Waals surface area contributed by atoms with Gasteiger partial charge in [0.2, 0.25) is 0 Å². The molecule has 14 heteroatoms. The third-order valence-electron chi connectivity index (χ3n) is 6.15. The van der Waals surface area contributed by atoms with Crippen molar-refractivity contribution in [2.24, 2.45) is 0 Å². The highest BCUT2D eigenvalue weighted by Crippen LogP contribution is 2.30. The van der Waals surface area contributed by atoms with Gasteiger partial charge < -0.3 is 24.4 Å². The minimum atomic E-state index is -0.890. The number of H-pyrrole nitrogens is 2. The summed E-state index contributed by atoms with van der Waals surface area (Å²) in [6.45, 7) is 3.30. The van der Waals surface area contributed by atoms with E-state index < -0.39 is 59.5 Å². The van der Waals surface area contributed by atoms with Crippen LogP contribution in [-0.2, 0) is 14.2 Å². The Balaban J connectivity index is 1.30. The largest absolute Gasteiger partial charge is 0.394 e. The van der Waals surface area contributed by atoms with Crippen LogP contribution in [0.4, 0.5) is 0 Å². The lowest BCUT2D eigenvalue weighted by Crippen LogP contribution is -2.40. The molecular weight excluding hydrogens is 466 g/mol. The highest BCUT2D eigenvalue weighted by molar-refractivity contribution is 5.03. The average molecular weight is 495 g/mol. The molecule has 4 rings (SSSR count). The molecule has 0 bridgehead atoms. The first-order chi connectivity index (χ1) is 16.7. The average Bonchev–Trinajstić information content (AvgIpc) is 3.39. The van der Waals surface area contributed by atoms with Crippen molar-refractivity contribution in [1.82, 2.24) is 24.4 Å². The summed E-state index contributed by atoms with van der Waals surface area (Å²) in [7, 11) is 0. The van der Waals surface area contributed by atoms with Gasteiger partial charge in [-0.15, -0.1) is 0 Å². The molecule has 35 heavy (non-hydrogen) atoms. The second-order valence-electron chi connectivity index (χ2n) is 8.68. The van der Waals surface area contributed by atoms with Gasteiger partial charge in [-0.2, -0.15) is 0 Å². The summed E-state index contributed by atoms with van der Waals surface area (Å²) in [4.78, 5) is 51.8. The molecule has 5 N–H and O–H groups in total. The van der Waals surface area contributed by atoms with Crippen molar-refractivity contribution in [3.8, 4) is 0 Å². The van der Waals surface area contributed by atoms with Crippen LogP contribution in [0.25, 0.3) is 0 Å². The fourth-order valence-corrected chi connectivity index (χ4v) is 4.23. The Morgan fingerprint density at radius 1 is 1.00 bits per heavy atom. The molecule has 2 aliphatic heterocycles. The Morgan fingerprint density at radius 3 is 2.14 bits per heavy atom. The van der Waals surface area contributed by atoms with Gasteiger partial charge in [0, 0.05) is 42.9 Å². The monoisotopic (exact) mass is 495 g/mol. The predicted molar refractivity (Wildman–Crippen MR) is 120 cm³/mol. The number of aromatic amines is 2. The van der Waals surface area contributed by atoms with Gasteiger partial charge >= 0.3 is 11.4 Å². The number of nitrogens with one attached hydrogen (secondary N) is 3. The molecule has 2 aliphatic rings. The maximum absolute atomic E-state index is 12.1. The van der Waals surface area contributed by atoms with Crippen LogP contribution in [0.2, 0.25) is 0 Å². The molecule has 2 aromatic heterocycles. The van der Waals surface area contributed by atoms with Crippen LogP contribution in [0, 0.1) is 13.8 Å². The molecule has 0 aromatic carbocycles. The summed E-state index contributed by atoms with van der Waals surface area (Å²) in [5.41, 5.74) is -1.47. The molecule has 192 valence electrons. The van der Waals surface area contributed by atoms with E-state index in [-0.39, 0.29) is 32.6 Å². The number of nitrogens with zero attached hydrogens (tertiary/aromatic N) is 2. The summed E-state index contributed by atoms with van der Waals surface area (Å²) in [6.07, 6.45) is -1.01. The maximum Gasteiger partial charge on any atom is 0.330 e. The number of rotatable bonds is 8. The maximum atomic E-state index is 12.1. The molecule has 0 spiro atoms. The van der Waals surface area contributed by atoms with Crippen LogP contribution >= 0.6 is 0 Å². The van der Waals surface area contributed by atoms with Crippen LogP contribution in [0.3, 0.4) is 0 Å². The number of hydrogen-bond acceptors (Lipinski definition) is 10. The number of aryl methyl sites for hydroxylation is 2. The molecule has 0 saturated carbocycles. The van der Waals surface area contributed by atoms with Gasteiger partial charge in [-0.3, -0.25) is 34.0 Å². The minimum absolute atomic E-state index is 0.155. The highest BCUT2D eigenvalue weighted by atomic mass is 16.6. The van der Waals surface area contributed by atoms with Crippen molar-refractivity contribution in [1.29, 1.82) is 0 Å². The third-order valence-corrected chi connectivity index (χ3v) is 6.15. The van der Waals surface area contributed by atoms with E-state index in [1.54, 1.807) is 13.8 Å². The first kappa shape index (κ1) is 25.2. The predicted octanol–water partition coefficient (Wildman–Crippen LogP) is -2.44. The first-order valence-corrected chi connectivity index (χ1v) is 11.3. The van der Waals surface area contributed by atoms with Crippen LogP contribution in [0.1, 0.15) is 36.4 Å². The molecule has 4 heterocycles. The number of hydrogen-bond donors (Lipinski definition) is 5. The van der Waals surface area contributed by atoms with E-state index in [0.29, 0.717) is 11.1 Å². The smallest absolute Gasteiger partial charge is 0.330 e. The molecule has 6 atom stereocenters. The zero-order chi connectivity index (χ0) is 25.3. The molecule has 0 radical (unpaired) electrons. The van der Waals surface area contributed by atoms with Gasteiger partial charge in [0.1, 0.15) is 24.8 Å². The molecule has 2 fully saturated rings. The van der Waals surface area contributed by atoms with E-state index in [2.05, 4.69) is 15.3 Å². The van der Waals surface area contributed by atoms with Gasteiger partial charge in [-0.25, -0.2) is 9.59 Å². The minimum Gasteiger partial charge on any atom is -0.394 e. The topological polar surface area (TPSA) is 190 Å². The molecule has 2 aromatic rings. The van der Waals surface area contributed by atoms with E-state index in [9.17, 15) is 29.4 Å². The van der Waals surface area contributed by atoms with Gasteiger partial charge in [0.05, 0.1) is 25.4 Å². The van der Waals surface area contributed by atoms with E-state index in [4.69, 9.17) is 14.2 Å². The number of aliphatic hydroxyl groups is 2. The van der Waals surface area contributed by atoms with Crippen LogP contribution in [0.5, 0.6) is 0 Å². The molecule has 0 aliphatic carbocycles. The van der Waals surface area contributed by atoms with E-state index in [0.717, 1.165) is 0 Å². The van der Waals surface area contributed by atoms with E-state index in [1.807, 2.05) is 0 Å². The normalized spacial score (nSPS) is 28.6. The van der Waals surface area contributed by atoms with Crippen molar-refractivity contribution >= 4 is 0 Å². The van der Waals surface area contributed by atoms with Crippen LogP contribution in [0.15, 0.2) is 31.6 Å². The summed E-state index contributed by atoms with van der Waals surface area (Å²) in [5.74, 6) is 0. The Kier molecular flexibility index (Phi) is 7.49.